The molecule has 0 aliphatic carbocycles. The van der Waals surface area contributed by atoms with E-state index in [0.29, 0.717) is 19.5 Å². The SMILES string of the molecule is CC(CC(=O)OCCl)C1CCCN(C(=O)OC(C)(C)C)C1. The summed E-state index contributed by atoms with van der Waals surface area (Å²) in [5.74, 6) is 0.159. The second-order valence-corrected chi connectivity index (χ2v) is 6.85. The van der Waals surface area contributed by atoms with Crippen LogP contribution in [0, 0.1) is 11.8 Å². The van der Waals surface area contributed by atoms with Crippen molar-refractivity contribution >= 4 is 23.7 Å². The van der Waals surface area contributed by atoms with E-state index in [1.165, 1.54) is 0 Å². The van der Waals surface area contributed by atoms with Gasteiger partial charge in [-0.3, -0.25) is 4.79 Å². The summed E-state index contributed by atoms with van der Waals surface area (Å²) < 4.78 is 10.2. The average Bonchev–Trinajstić information content (AvgIpc) is 2.37. The number of esters is 1. The second-order valence-electron chi connectivity index (χ2n) is 6.64. The number of amides is 1. The summed E-state index contributed by atoms with van der Waals surface area (Å²) in [6, 6.07) is -0.111. The van der Waals surface area contributed by atoms with E-state index in [4.69, 9.17) is 21.1 Å². The van der Waals surface area contributed by atoms with Crippen LogP contribution >= 0.6 is 11.6 Å². The molecular formula is C15H26ClNO4. The van der Waals surface area contributed by atoms with Crippen molar-refractivity contribution in [2.45, 2.75) is 52.6 Å². The standard InChI is InChI=1S/C15H26ClNO4/c1-11(8-13(18)20-10-16)12-6-5-7-17(9-12)14(19)21-15(2,3)4/h11-12H,5-10H2,1-4H3. The van der Waals surface area contributed by atoms with Crippen molar-refractivity contribution in [3.05, 3.63) is 0 Å². The summed E-state index contributed by atoms with van der Waals surface area (Å²) in [5, 5.41) is 0. The molecule has 2 unspecified atom stereocenters. The van der Waals surface area contributed by atoms with Gasteiger partial charge in [-0.25, -0.2) is 4.79 Å². The van der Waals surface area contributed by atoms with Gasteiger partial charge in [-0.15, -0.1) is 0 Å². The van der Waals surface area contributed by atoms with Gasteiger partial charge in [0.25, 0.3) is 0 Å². The molecule has 0 aromatic rings. The largest absolute Gasteiger partial charge is 0.449 e. The van der Waals surface area contributed by atoms with E-state index in [1.807, 2.05) is 27.7 Å². The van der Waals surface area contributed by atoms with Crippen molar-refractivity contribution in [3.63, 3.8) is 0 Å². The van der Waals surface area contributed by atoms with Crippen molar-refractivity contribution in [1.29, 1.82) is 0 Å². The zero-order valence-electron chi connectivity index (χ0n) is 13.4. The van der Waals surface area contributed by atoms with Crippen LogP contribution in [0.2, 0.25) is 0 Å². The Labute approximate surface area is 131 Å². The highest BCUT2D eigenvalue weighted by atomic mass is 35.5. The van der Waals surface area contributed by atoms with Crippen molar-refractivity contribution in [2.24, 2.45) is 11.8 Å². The number of hydrogen-bond donors (Lipinski definition) is 0. The molecule has 0 bridgehead atoms. The Hall–Kier alpha value is -0.970. The molecule has 1 amide bonds. The molecule has 1 heterocycles. The van der Waals surface area contributed by atoms with Crippen LogP contribution in [0.25, 0.3) is 0 Å². The van der Waals surface area contributed by atoms with Crippen LogP contribution < -0.4 is 0 Å². The summed E-state index contributed by atoms with van der Waals surface area (Å²) in [6.07, 6.45) is 2.00. The minimum atomic E-state index is -0.486. The lowest BCUT2D eigenvalue weighted by Crippen LogP contribution is -2.44. The van der Waals surface area contributed by atoms with Gasteiger partial charge in [0.1, 0.15) is 5.60 Å². The average molecular weight is 320 g/mol. The Bertz CT molecular complexity index is 367. The van der Waals surface area contributed by atoms with E-state index in [0.717, 1.165) is 12.8 Å². The molecule has 1 aliphatic heterocycles. The molecule has 0 aromatic heterocycles. The molecule has 0 spiro atoms. The molecule has 0 saturated carbocycles. The summed E-state index contributed by atoms with van der Waals surface area (Å²) in [7, 11) is 0. The normalized spacial score (nSPS) is 20.8. The molecule has 1 rings (SSSR count). The summed E-state index contributed by atoms with van der Waals surface area (Å²) in [4.78, 5) is 25.3. The molecule has 0 aromatic carbocycles. The third-order valence-corrected chi connectivity index (χ3v) is 3.73. The summed E-state index contributed by atoms with van der Waals surface area (Å²) >= 11 is 5.38. The van der Waals surface area contributed by atoms with E-state index in [1.54, 1.807) is 4.90 Å². The van der Waals surface area contributed by atoms with Gasteiger partial charge in [0.05, 0.1) is 0 Å². The van der Waals surface area contributed by atoms with Crippen molar-refractivity contribution in [1.82, 2.24) is 4.90 Å². The molecule has 6 heteroatoms. The Balaban J connectivity index is 2.51. The van der Waals surface area contributed by atoms with Gasteiger partial charge in [0, 0.05) is 19.5 Å². The molecule has 1 fully saturated rings. The number of halogens is 1. The van der Waals surface area contributed by atoms with Crippen LogP contribution in [0.4, 0.5) is 4.79 Å². The zero-order valence-corrected chi connectivity index (χ0v) is 14.1. The van der Waals surface area contributed by atoms with Gasteiger partial charge < -0.3 is 14.4 Å². The van der Waals surface area contributed by atoms with Gasteiger partial charge in [0.2, 0.25) is 0 Å². The number of hydrogen-bond acceptors (Lipinski definition) is 4. The predicted molar refractivity (Wildman–Crippen MR) is 81.1 cm³/mol. The molecule has 0 radical (unpaired) electrons. The first-order valence-corrected chi connectivity index (χ1v) is 7.96. The molecule has 122 valence electrons. The predicted octanol–water partition coefficient (Wildman–Crippen LogP) is 3.40. The second kappa shape index (κ2) is 7.87. The minimum absolute atomic E-state index is 0.111. The highest BCUT2D eigenvalue weighted by molar-refractivity contribution is 6.17. The number of piperidine rings is 1. The third-order valence-electron chi connectivity index (χ3n) is 3.62. The number of likely N-dealkylation sites (tertiary alicyclic amines) is 1. The van der Waals surface area contributed by atoms with E-state index in [9.17, 15) is 9.59 Å². The Kier molecular flexibility index (Phi) is 6.78. The smallest absolute Gasteiger partial charge is 0.410 e. The number of carbonyl (C=O) groups excluding carboxylic acids is 2. The first-order valence-electron chi connectivity index (χ1n) is 7.42. The molecular weight excluding hydrogens is 294 g/mol. The maximum Gasteiger partial charge on any atom is 0.410 e. The van der Waals surface area contributed by atoms with E-state index < -0.39 is 5.60 Å². The zero-order chi connectivity index (χ0) is 16.0. The Morgan fingerprint density at radius 2 is 2.05 bits per heavy atom. The lowest BCUT2D eigenvalue weighted by atomic mass is 9.85. The Morgan fingerprint density at radius 1 is 1.38 bits per heavy atom. The van der Waals surface area contributed by atoms with Crippen molar-refractivity contribution in [2.75, 3.05) is 19.2 Å². The number of rotatable bonds is 4. The number of alkyl halides is 1. The molecule has 21 heavy (non-hydrogen) atoms. The van der Waals surface area contributed by atoms with Crippen molar-refractivity contribution in [3.8, 4) is 0 Å². The highest BCUT2D eigenvalue weighted by Gasteiger charge is 2.31. The minimum Gasteiger partial charge on any atom is -0.449 e. The van der Waals surface area contributed by atoms with E-state index in [2.05, 4.69) is 0 Å². The maximum absolute atomic E-state index is 12.1. The maximum atomic E-state index is 12.1. The third kappa shape index (κ3) is 6.55. The van der Waals surface area contributed by atoms with Crippen LogP contribution in [-0.4, -0.2) is 41.7 Å². The topological polar surface area (TPSA) is 55.8 Å². The van der Waals surface area contributed by atoms with Gasteiger partial charge in [-0.05, 0) is 45.4 Å². The van der Waals surface area contributed by atoms with Crippen LogP contribution in [0.3, 0.4) is 0 Å². The van der Waals surface area contributed by atoms with Gasteiger partial charge >= 0.3 is 12.1 Å². The molecule has 0 N–H and O–H groups in total. The Morgan fingerprint density at radius 3 is 2.62 bits per heavy atom. The number of carbonyl (C=O) groups is 2. The highest BCUT2D eigenvalue weighted by Crippen LogP contribution is 2.27. The monoisotopic (exact) mass is 319 g/mol. The first-order chi connectivity index (χ1) is 9.73. The van der Waals surface area contributed by atoms with Gasteiger partial charge in [0.15, 0.2) is 6.07 Å². The van der Waals surface area contributed by atoms with Crippen LogP contribution in [0.1, 0.15) is 47.0 Å². The quantitative estimate of drug-likeness (QED) is 0.588. The molecule has 2 atom stereocenters. The molecule has 1 saturated heterocycles. The fraction of sp³-hybridized carbons (Fsp3) is 0.867. The fourth-order valence-electron chi connectivity index (χ4n) is 2.52. The summed E-state index contributed by atoms with van der Waals surface area (Å²) in [5.41, 5.74) is -0.486. The van der Waals surface area contributed by atoms with Crippen LogP contribution in [0.5, 0.6) is 0 Å². The summed E-state index contributed by atoms with van der Waals surface area (Å²) in [6.45, 7) is 8.93. The first kappa shape index (κ1) is 18.1. The number of ether oxygens (including phenoxy) is 2. The van der Waals surface area contributed by atoms with Gasteiger partial charge in [-0.1, -0.05) is 18.5 Å². The molecule has 5 nitrogen and oxygen atoms in total. The number of nitrogens with zero attached hydrogens (tertiary/aromatic N) is 1. The van der Waals surface area contributed by atoms with Crippen molar-refractivity contribution < 1.29 is 19.1 Å². The lowest BCUT2D eigenvalue weighted by Gasteiger charge is -2.36. The van der Waals surface area contributed by atoms with E-state index in [-0.39, 0.29) is 30.0 Å². The van der Waals surface area contributed by atoms with E-state index >= 15 is 0 Å². The fourth-order valence-corrected chi connectivity index (χ4v) is 2.64. The van der Waals surface area contributed by atoms with Crippen LogP contribution in [0.15, 0.2) is 0 Å². The van der Waals surface area contributed by atoms with Crippen LogP contribution in [-0.2, 0) is 14.3 Å². The molecule has 1 aliphatic rings. The lowest BCUT2D eigenvalue weighted by molar-refractivity contribution is -0.143. The van der Waals surface area contributed by atoms with Gasteiger partial charge in [-0.2, -0.15) is 0 Å².